The Morgan fingerprint density at radius 1 is 0.978 bits per heavy atom. The largest absolute Gasteiger partial charge is 0.491 e. The zero-order valence-corrected chi connectivity index (χ0v) is 24.6. The van der Waals surface area contributed by atoms with Crippen molar-refractivity contribution in [1.82, 2.24) is 24.6 Å². The second-order valence-electron chi connectivity index (χ2n) is 11.3. The normalized spacial score (nSPS) is 16.4. The molecule has 8 nitrogen and oxygen atoms in total. The molecule has 0 spiro atoms. The van der Waals surface area contributed by atoms with Gasteiger partial charge in [0.25, 0.3) is 0 Å². The van der Waals surface area contributed by atoms with Gasteiger partial charge in [-0.1, -0.05) is 17.7 Å². The third kappa shape index (κ3) is 6.87. The van der Waals surface area contributed by atoms with Gasteiger partial charge >= 0.3 is 6.30 Å². The zero-order valence-electron chi connectivity index (χ0n) is 23.9. The van der Waals surface area contributed by atoms with Crippen LogP contribution >= 0.6 is 11.6 Å². The molecule has 2 fully saturated rings. The summed E-state index contributed by atoms with van der Waals surface area (Å²) in [6, 6.07) is 12.8. The molecule has 0 amide bonds. The summed E-state index contributed by atoms with van der Waals surface area (Å²) in [4.78, 5) is 8.81. The van der Waals surface area contributed by atoms with E-state index in [-0.39, 0.29) is 38.9 Å². The second kappa shape index (κ2) is 12.3. The van der Waals surface area contributed by atoms with Gasteiger partial charge in [-0.25, -0.2) is 13.3 Å². The molecule has 45 heavy (non-hydrogen) atoms. The third-order valence-electron chi connectivity index (χ3n) is 8.18. The van der Waals surface area contributed by atoms with Crippen molar-refractivity contribution in [3.8, 4) is 23.2 Å². The number of nitriles is 1. The first kappa shape index (κ1) is 30.7. The maximum absolute atomic E-state index is 14.5. The first-order valence-corrected chi connectivity index (χ1v) is 14.6. The highest BCUT2D eigenvalue weighted by Crippen LogP contribution is 2.48. The van der Waals surface area contributed by atoms with E-state index in [4.69, 9.17) is 16.3 Å². The average Bonchev–Trinajstić information content (AvgIpc) is 3.59. The molecule has 4 aromatic rings. The first-order valence-electron chi connectivity index (χ1n) is 14.2. The van der Waals surface area contributed by atoms with Crippen molar-refractivity contribution in [2.75, 3.05) is 31.1 Å². The summed E-state index contributed by atoms with van der Waals surface area (Å²) in [7, 11) is 0. The van der Waals surface area contributed by atoms with E-state index in [1.807, 2.05) is 0 Å². The Bertz CT molecular complexity index is 1740. The highest BCUT2D eigenvalue weighted by Gasteiger charge is 2.44. The van der Waals surface area contributed by atoms with Gasteiger partial charge in [-0.05, 0) is 55.2 Å². The van der Waals surface area contributed by atoms with Crippen LogP contribution in [0.1, 0.15) is 29.7 Å². The van der Waals surface area contributed by atoms with Gasteiger partial charge in [-0.15, -0.1) is 23.4 Å². The van der Waals surface area contributed by atoms with Crippen LogP contribution in [0, 0.1) is 28.4 Å². The fourth-order valence-electron chi connectivity index (χ4n) is 5.39. The molecule has 6 rings (SSSR count). The molecule has 1 saturated heterocycles. The van der Waals surface area contributed by atoms with Gasteiger partial charge in [0.1, 0.15) is 18.8 Å². The molecule has 3 heterocycles. The van der Waals surface area contributed by atoms with E-state index in [0.717, 1.165) is 18.5 Å². The predicted molar refractivity (Wildman–Crippen MR) is 155 cm³/mol. The number of pyridine rings is 1. The second-order valence-corrected chi connectivity index (χ2v) is 11.7. The summed E-state index contributed by atoms with van der Waals surface area (Å²) in [5, 5.41) is 17.1. The number of halogens is 6. The van der Waals surface area contributed by atoms with E-state index in [1.54, 1.807) is 18.2 Å². The van der Waals surface area contributed by atoms with E-state index < -0.39 is 23.3 Å². The Hall–Kier alpha value is -4.28. The number of rotatable bonds is 9. The van der Waals surface area contributed by atoms with Crippen LogP contribution in [-0.4, -0.2) is 50.8 Å². The molecule has 2 aromatic carbocycles. The quantitative estimate of drug-likeness (QED) is 0.193. The Labute approximate surface area is 260 Å². The molecule has 1 saturated carbocycles. The zero-order chi connectivity index (χ0) is 31.8. The fraction of sp³-hybridized carbons (Fsp3) is 0.355. The number of nitrogens with zero attached hydrogens (tertiary/aromatic N) is 7. The van der Waals surface area contributed by atoms with Gasteiger partial charge in [0, 0.05) is 66.8 Å². The summed E-state index contributed by atoms with van der Waals surface area (Å²) in [5.41, 5.74) is 2.05. The van der Waals surface area contributed by atoms with E-state index in [0.29, 0.717) is 56.7 Å². The van der Waals surface area contributed by atoms with Gasteiger partial charge in [0.05, 0.1) is 17.2 Å². The predicted octanol–water partition coefficient (Wildman–Crippen LogP) is 6.50. The lowest BCUT2D eigenvalue weighted by molar-refractivity contribution is -0.202. The van der Waals surface area contributed by atoms with Crippen LogP contribution in [0.15, 0.2) is 55.0 Å². The summed E-state index contributed by atoms with van der Waals surface area (Å²) < 4.78 is 74.8. The molecule has 2 aromatic heterocycles. The van der Waals surface area contributed by atoms with E-state index >= 15 is 0 Å². The number of piperazine rings is 1. The molecule has 234 valence electrons. The van der Waals surface area contributed by atoms with Gasteiger partial charge in [-0.2, -0.15) is 5.26 Å². The van der Waals surface area contributed by atoms with Crippen LogP contribution in [0.25, 0.3) is 11.4 Å². The van der Waals surface area contributed by atoms with Crippen molar-refractivity contribution >= 4 is 17.3 Å². The highest BCUT2D eigenvalue weighted by atomic mass is 35.5. The average molecular weight is 644 g/mol. The molecular formula is C31H27ClF5N7O. The number of anilines is 1. The highest BCUT2D eigenvalue weighted by molar-refractivity contribution is 6.30. The molecule has 0 bridgehead atoms. The van der Waals surface area contributed by atoms with Crippen molar-refractivity contribution in [2.45, 2.75) is 38.7 Å². The maximum atomic E-state index is 14.5. The van der Waals surface area contributed by atoms with E-state index in [1.165, 1.54) is 30.5 Å². The Balaban J connectivity index is 1.14. The Kier molecular flexibility index (Phi) is 8.37. The summed E-state index contributed by atoms with van der Waals surface area (Å²) in [5.74, 6) is -1.45. The van der Waals surface area contributed by atoms with Gasteiger partial charge in [0.2, 0.25) is 0 Å². The minimum absolute atomic E-state index is 0.00562. The standard InChI is InChI=1S/C31H27ClF5N7O/c32-23-2-1-20(26(34)12-23)17-45-28-13-24(3-4-25(28)33)43-9-7-42(8-10-43)16-27-21(14-30(18-38)5-6-30)11-22(15-39-27)29-41-40-19-44(29)31(35,36)37/h1-4,11-13,15,19H,5-10,14,16-17H2. The molecule has 0 N–H and O–H groups in total. The van der Waals surface area contributed by atoms with Crippen LogP contribution in [0.4, 0.5) is 27.6 Å². The van der Waals surface area contributed by atoms with Crippen LogP contribution in [0.5, 0.6) is 5.75 Å². The smallest absolute Gasteiger partial charge is 0.486 e. The van der Waals surface area contributed by atoms with Gasteiger partial charge < -0.3 is 9.64 Å². The molecule has 1 aliphatic heterocycles. The first-order chi connectivity index (χ1) is 21.5. The molecule has 0 unspecified atom stereocenters. The Morgan fingerprint density at radius 2 is 1.76 bits per heavy atom. The summed E-state index contributed by atoms with van der Waals surface area (Å²) >= 11 is 5.80. The minimum Gasteiger partial charge on any atom is -0.486 e. The van der Waals surface area contributed by atoms with Crippen molar-refractivity contribution < 1.29 is 26.7 Å². The molecule has 0 radical (unpaired) electrons. The van der Waals surface area contributed by atoms with Crippen LogP contribution in [0.3, 0.4) is 0 Å². The number of ether oxygens (including phenoxy) is 1. The van der Waals surface area contributed by atoms with Crippen molar-refractivity contribution in [2.24, 2.45) is 5.41 Å². The van der Waals surface area contributed by atoms with Crippen molar-refractivity contribution in [1.29, 1.82) is 5.26 Å². The molecule has 1 aliphatic carbocycles. The summed E-state index contributed by atoms with van der Waals surface area (Å²) in [6.07, 6.45) is -0.865. The van der Waals surface area contributed by atoms with Crippen molar-refractivity contribution in [3.63, 3.8) is 0 Å². The minimum atomic E-state index is -4.69. The molecule has 0 atom stereocenters. The topological polar surface area (TPSA) is 83.1 Å². The lowest BCUT2D eigenvalue weighted by Gasteiger charge is -2.36. The maximum Gasteiger partial charge on any atom is 0.491 e. The lowest BCUT2D eigenvalue weighted by Crippen LogP contribution is -2.46. The molecular weight excluding hydrogens is 617 g/mol. The molecule has 14 heteroatoms. The fourth-order valence-corrected chi connectivity index (χ4v) is 5.55. The van der Waals surface area contributed by atoms with Crippen LogP contribution in [-0.2, 0) is 25.9 Å². The van der Waals surface area contributed by atoms with Crippen molar-refractivity contribution in [3.05, 3.63) is 88.5 Å². The number of hydrogen-bond acceptors (Lipinski definition) is 7. The van der Waals surface area contributed by atoms with Gasteiger partial charge in [-0.3, -0.25) is 9.88 Å². The van der Waals surface area contributed by atoms with E-state index in [2.05, 4.69) is 31.1 Å². The number of benzene rings is 2. The lowest BCUT2D eigenvalue weighted by atomic mass is 9.95. The summed E-state index contributed by atoms with van der Waals surface area (Å²) in [6.45, 7) is 2.78. The SMILES string of the molecule is N#CC1(Cc2cc(-c3nncn3C(F)(F)F)cnc2CN2CCN(c3ccc(F)c(OCc4ccc(Cl)cc4F)c3)CC2)CC1. The van der Waals surface area contributed by atoms with Crippen LogP contribution < -0.4 is 9.64 Å². The Morgan fingerprint density at radius 3 is 2.44 bits per heavy atom. The van der Waals surface area contributed by atoms with E-state index in [9.17, 15) is 27.2 Å². The third-order valence-corrected chi connectivity index (χ3v) is 8.42. The number of aromatic nitrogens is 4. The number of hydrogen-bond donors (Lipinski definition) is 0. The molecule has 2 aliphatic rings. The monoisotopic (exact) mass is 643 g/mol. The van der Waals surface area contributed by atoms with Gasteiger partial charge in [0.15, 0.2) is 17.4 Å². The number of alkyl halides is 3. The van der Waals surface area contributed by atoms with Crippen LogP contribution in [0.2, 0.25) is 5.02 Å².